The molecular weight excluding hydrogens is 244 g/mol. The van der Waals surface area contributed by atoms with Crippen LogP contribution in [0.2, 0.25) is 0 Å². The fourth-order valence-electron chi connectivity index (χ4n) is 2.08. The minimum atomic E-state index is 0.407. The molecule has 2 aromatic rings. The Morgan fingerprint density at radius 3 is 2.67 bits per heavy atom. The maximum absolute atomic E-state index is 4.64. The molecular formula is C13H20N4S. The molecule has 0 amide bonds. The molecule has 0 aliphatic rings. The highest BCUT2D eigenvalue weighted by atomic mass is 32.1. The van der Waals surface area contributed by atoms with Crippen molar-refractivity contribution in [1.29, 1.82) is 0 Å². The number of aryl methyl sites for hydroxylation is 2. The van der Waals surface area contributed by atoms with Gasteiger partial charge >= 0.3 is 0 Å². The molecule has 18 heavy (non-hydrogen) atoms. The molecule has 0 saturated carbocycles. The summed E-state index contributed by atoms with van der Waals surface area (Å²) in [6.45, 7) is 11.4. The number of hydrogen-bond acceptors (Lipinski definition) is 4. The molecule has 5 heteroatoms. The number of anilines is 1. The first kappa shape index (κ1) is 13.1. The summed E-state index contributed by atoms with van der Waals surface area (Å²) in [6, 6.07) is 0.407. The number of nitrogens with one attached hydrogen (secondary N) is 1. The van der Waals surface area contributed by atoms with Crippen LogP contribution in [0, 0.1) is 13.8 Å². The molecule has 0 atom stereocenters. The van der Waals surface area contributed by atoms with E-state index in [9.17, 15) is 0 Å². The zero-order valence-corrected chi connectivity index (χ0v) is 12.4. The van der Waals surface area contributed by atoms with E-state index in [1.807, 2.05) is 11.6 Å². The van der Waals surface area contributed by atoms with Gasteiger partial charge in [0.2, 0.25) is 0 Å². The Kier molecular flexibility index (Phi) is 3.71. The van der Waals surface area contributed by atoms with Gasteiger partial charge in [0, 0.05) is 29.2 Å². The van der Waals surface area contributed by atoms with Crippen LogP contribution in [0.1, 0.15) is 32.2 Å². The summed E-state index contributed by atoms with van der Waals surface area (Å²) in [7, 11) is 0. The molecule has 2 aromatic heterocycles. The highest BCUT2D eigenvalue weighted by Crippen LogP contribution is 2.30. The van der Waals surface area contributed by atoms with Crippen molar-refractivity contribution < 1.29 is 0 Å². The lowest BCUT2D eigenvalue weighted by Crippen LogP contribution is -2.09. The second-order valence-electron chi connectivity index (χ2n) is 4.70. The van der Waals surface area contributed by atoms with Crippen molar-refractivity contribution in [2.45, 2.75) is 47.2 Å². The lowest BCUT2D eigenvalue weighted by molar-refractivity contribution is 0.634. The molecule has 0 radical (unpaired) electrons. The van der Waals surface area contributed by atoms with Gasteiger partial charge in [-0.25, -0.2) is 4.98 Å². The van der Waals surface area contributed by atoms with Crippen LogP contribution in [0.5, 0.6) is 0 Å². The molecule has 4 nitrogen and oxygen atoms in total. The molecule has 0 fully saturated rings. The molecule has 0 unspecified atom stereocenters. The third-order valence-electron chi connectivity index (χ3n) is 2.85. The third-order valence-corrected chi connectivity index (χ3v) is 3.63. The van der Waals surface area contributed by atoms with Gasteiger partial charge in [-0.1, -0.05) is 0 Å². The first-order valence-electron chi connectivity index (χ1n) is 6.29. The normalized spacial score (nSPS) is 11.2. The van der Waals surface area contributed by atoms with E-state index in [-0.39, 0.29) is 0 Å². The SMILES string of the molecule is CCn1nc(C)c(-c2csc(NC(C)C)n2)c1C. The lowest BCUT2D eigenvalue weighted by Gasteiger charge is -2.04. The van der Waals surface area contributed by atoms with Crippen molar-refractivity contribution in [1.82, 2.24) is 14.8 Å². The topological polar surface area (TPSA) is 42.7 Å². The van der Waals surface area contributed by atoms with Crippen LogP contribution >= 0.6 is 11.3 Å². The van der Waals surface area contributed by atoms with Gasteiger partial charge in [0.15, 0.2) is 5.13 Å². The van der Waals surface area contributed by atoms with Gasteiger partial charge in [-0.05, 0) is 34.6 Å². The van der Waals surface area contributed by atoms with E-state index in [0.717, 1.165) is 23.1 Å². The van der Waals surface area contributed by atoms with Crippen LogP contribution in [0.4, 0.5) is 5.13 Å². The average Bonchev–Trinajstić information content (AvgIpc) is 2.83. The van der Waals surface area contributed by atoms with Gasteiger partial charge in [-0.15, -0.1) is 11.3 Å². The average molecular weight is 264 g/mol. The Bertz CT molecular complexity index is 539. The summed E-state index contributed by atoms with van der Waals surface area (Å²) in [4.78, 5) is 4.64. The Morgan fingerprint density at radius 1 is 1.39 bits per heavy atom. The van der Waals surface area contributed by atoms with Gasteiger partial charge < -0.3 is 5.32 Å². The van der Waals surface area contributed by atoms with E-state index in [0.29, 0.717) is 6.04 Å². The predicted molar refractivity (Wildman–Crippen MR) is 77.2 cm³/mol. The Morgan fingerprint density at radius 2 is 2.11 bits per heavy atom. The quantitative estimate of drug-likeness (QED) is 0.919. The van der Waals surface area contributed by atoms with Crippen molar-refractivity contribution in [3.05, 3.63) is 16.8 Å². The summed E-state index contributed by atoms with van der Waals surface area (Å²) in [5.41, 5.74) is 4.44. The summed E-state index contributed by atoms with van der Waals surface area (Å²) >= 11 is 1.65. The lowest BCUT2D eigenvalue weighted by atomic mass is 10.1. The molecule has 98 valence electrons. The monoisotopic (exact) mass is 264 g/mol. The second kappa shape index (κ2) is 5.10. The summed E-state index contributed by atoms with van der Waals surface area (Å²) in [6.07, 6.45) is 0. The Labute approximate surface area is 112 Å². The van der Waals surface area contributed by atoms with E-state index < -0.39 is 0 Å². The van der Waals surface area contributed by atoms with Gasteiger partial charge in [0.1, 0.15) is 0 Å². The molecule has 0 bridgehead atoms. The smallest absolute Gasteiger partial charge is 0.183 e. The fourth-order valence-corrected chi connectivity index (χ4v) is 2.93. The molecule has 1 N–H and O–H groups in total. The van der Waals surface area contributed by atoms with E-state index in [1.165, 1.54) is 11.3 Å². The van der Waals surface area contributed by atoms with Crippen molar-refractivity contribution in [3.63, 3.8) is 0 Å². The number of rotatable bonds is 4. The van der Waals surface area contributed by atoms with Crippen LogP contribution in [-0.2, 0) is 6.54 Å². The highest BCUT2D eigenvalue weighted by molar-refractivity contribution is 7.14. The molecule has 2 heterocycles. The van der Waals surface area contributed by atoms with Crippen LogP contribution < -0.4 is 5.32 Å². The molecule has 0 aromatic carbocycles. The van der Waals surface area contributed by atoms with Crippen molar-refractivity contribution in [3.8, 4) is 11.3 Å². The molecule has 0 saturated heterocycles. The molecule has 0 spiro atoms. The van der Waals surface area contributed by atoms with E-state index >= 15 is 0 Å². The van der Waals surface area contributed by atoms with Gasteiger partial charge in [-0.3, -0.25) is 4.68 Å². The van der Waals surface area contributed by atoms with Crippen molar-refractivity contribution in [2.24, 2.45) is 0 Å². The van der Waals surface area contributed by atoms with E-state index in [2.05, 4.69) is 48.5 Å². The Balaban J connectivity index is 2.37. The largest absolute Gasteiger partial charge is 0.359 e. The summed E-state index contributed by atoms with van der Waals surface area (Å²) in [5, 5.41) is 10.9. The third kappa shape index (κ3) is 2.41. The van der Waals surface area contributed by atoms with Crippen LogP contribution in [0.15, 0.2) is 5.38 Å². The van der Waals surface area contributed by atoms with E-state index in [1.54, 1.807) is 11.3 Å². The zero-order valence-electron chi connectivity index (χ0n) is 11.6. The van der Waals surface area contributed by atoms with E-state index in [4.69, 9.17) is 0 Å². The fraction of sp³-hybridized carbons (Fsp3) is 0.538. The van der Waals surface area contributed by atoms with Gasteiger partial charge in [0.05, 0.1) is 11.4 Å². The predicted octanol–water partition coefficient (Wildman–Crippen LogP) is 3.46. The number of aromatic nitrogens is 3. The zero-order chi connectivity index (χ0) is 13.3. The Hall–Kier alpha value is -1.36. The minimum Gasteiger partial charge on any atom is -0.359 e. The first-order chi connectivity index (χ1) is 8.52. The van der Waals surface area contributed by atoms with Crippen LogP contribution in [0.3, 0.4) is 0 Å². The number of nitrogens with zero attached hydrogens (tertiary/aromatic N) is 3. The molecule has 0 aliphatic heterocycles. The first-order valence-corrected chi connectivity index (χ1v) is 7.17. The highest BCUT2D eigenvalue weighted by Gasteiger charge is 2.15. The number of thiazole rings is 1. The summed E-state index contributed by atoms with van der Waals surface area (Å²) in [5.74, 6) is 0. The number of hydrogen-bond donors (Lipinski definition) is 1. The summed E-state index contributed by atoms with van der Waals surface area (Å²) < 4.78 is 2.03. The standard InChI is InChI=1S/C13H20N4S/c1-6-17-10(5)12(9(4)16-17)11-7-18-13(15-11)14-8(2)3/h7-8H,6H2,1-5H3,(H,14,15). The maximum atomic E-state index is 4.64. The van der Waals surface area contributed by atoms with Crippen molar-refractivity contribution >= 4 is 16.5 Å². The molecule has 0 aliphatic carbocycles. The van der Waals surface area contributed by atoms with Gasteiger partial charge in [0.25, 0.3) is 0 Å². The maximum Gasteiger partial charge on any atom is 0.183 e. The van der Waals surface area contributed by atoms with Gasteiger partial charge in [-0.2, -0.15) is 5.10 Å². The molecule has 2 rings (SSSR count). The van der Waals surface area contributed by atoms with Crippen LogP contribution in [0.25, 0.3) is 11.3 Å². The second-order valence-corrected chi connectivity index (χ2v) is 5.56. The minimum absolute atomic E-state index is 0.407. The van der Waals surface area contributed by atoms with Crippen molar-refractivity contribution in [2.75, 3.05) is 5.32 Å². The van der Waals surface area contributed by atoms with Crippen LogP contribution in [-0.4, -0.2) is 20.8 Å².